The van der Waals surface area contributed by atoms with Gasteiger partial charge in [-0.1, -0.05) is 13.3 Å². The molecule has 118 valence electrons. The lowest BCUT2D eigenvalue weighted by Crippen LogP contribution is -2.40. The molecule has 21 heavy (non-hydrogen) atoms. The molecule has 0 aromatic carbocycles. The summed E-state index contributed by atoms with van der Waals surface area (Å²) in [5.41, 5.74) is 0. The molecule has 1 aliphatic rings. The van der Waals surface area contributed by atoms with Gasteiger partial charge in [-0.3, -0.25) is 4.79 Å². The van der Waals surface area contributed by atoms with E-state index in [0.717, 1.165) is 19.1 Å². The fraction of sp³-hybridized carbons (Fsp3) is 0.750. The molecule has 2 atom stereocenters. The Hall–Kier alpha value is -1.48. The maximum atomic E-state index is 12.2. The Kier molecular flexibility index (Phi) is 4.94. The van der Waals surface area contributed by atoms with Gasteiger partial charge in [-0.05, 0) is 12.3 Å². The highest BCUT2D eigenvalue weighted by atomic mass is 32.2. The van der Waals surface area contributed by atoms with Crippen molar-refractivity contribution in [3.63, 3.8) is 0 Å². The summed E-state index contributed by atoms with van der Waals surface area (Å²) in [5.74, 6) is 0.0596. The smallest absolute Gasteiger partial charge is 0.246 e. The molecule has 0 bridgehead atoms. The summed E-state index contributed by atoms with van der Waals surface area (Å²) in [6.07, 6.45) is 6.02. The number of sulfonamides is 1. The number of rotatable bonds is 6. The minimum absolute atomic E-state index is 0.0808. The van der Waals surface area contributed by atoms with Crippen molar-refractivity contribution in [2.75, 3.05) is 19.3 Å². The number of likely N-dealkylation sites (tertiary alicyclic amines) is 1. The standard InChI is InChI=1S/C12H21N5O3S/c1-3-4-10-7-16(8-11(10)15-21(2,19)20)12(18)9-17-13-5-6-14-17/h5-6,10-11,15H,3-4,7-9H2,1-2H3/t10-,11-/m1/s1. The lowest BCUT2D eigenvalue weighted by atomic mass is 9.99. The van der Waals surface area contributed by atoms with Crippen molar-refractivity contribution in [2.45, 2.75) is 32.4 Å². The van der Waals surface area contributed by atoms with E-state index in [0.29, 0.717) is 13.1 Å². The average molecular weight is 315 g/mol. The zero-order chi connectivity index (χ0) is 15.5. The van der Waals surface area contributed by atoms with Gasteiger partial charge in [0.2, 0.25) is 15.9 Å². The quantitative estimate of drug-likeness (QED) is 0.760. The average Bonchev–Trinajstić information content (AvgIpc) is 2.99. The third kappa shape index (κ3) is 4.50. The first kappa shape index (κ1) is 15.9. The Morgan fingerprint density at radius 2 is 2.00 bits per heavy atom. The van der Waals surface area contributed by atoms with Crippen LogP contribution in [0.5, 0.6) is 0 Å². The summed E-state index contributed by atoms with van der Waals surface area (Å²) in [5, 5.41) is 7.82. The van der Waals surface area contributed by atoms with E-state index in [2.05, 4.69) is 21.8 Å². The molecule has 2 rings (SSSR count). The van der Waals surface area contributed by atoms with E-state index in [1.807, 2.05) is 0 Å². The molecule has 0 spiro atoms. The minimum atomic E-state index is -3.28. The first-order valence-corrected chi connectivity index (χ1v) is 8.87. The zero-order valence-electron chi connectivity index (χ0n) is 12.3. The number of nitrogens with zero attached hydrogens (tertiary/aromatic N) is 4. The normalized spacial score (nSPS) is 22.7. The molecule has 1 aromatic heterocycles. The Labute approximate surface area is 124 Å². The second-order valence-corrected chi connectivity index (χ2v) is 7.18. The van der Waals surface area contributed by atoms with E-state index in [-0.39, 0.29) is 24.4 Å². The summed E-state index contributed by atoms with van der Waals surface area (Å²) in [6.45, 7) is 3.10. The van der Waals surface area contributed by atoms with Gasteiger partial charge in [0.15, 0.2) is 0 Å². The molecule has 1 saturated heterocycles. The summed E-state index contributed by atoms with van der Waals surface area (Å²) < 4.78 is 25.5. The van der Waals surface area contributed by atoms with Crippen molar-refractivity contribution < 1.29 is 13.2 Å². The van der Waals surface area contributed by atoms with E-state index in [9.17, 15) is 13.2 Å². The van der Waals surface area contributed by atoms with Gasteiger partial charge in [0.1, 0.15) is 6.54 Å². The Bertz CT molecular complexity index is 572. The zero-order valence-corrected chi connectivity index (χ0v) is 13.1. The number of aromatic nitrogens is 3. The van der Waals surface area contributed by atoms with E-state index in [1.165, 1.54) is 17.2 Å². The molecule has 0 unspecified atom stereocenters. The van der Waals surface area contributed by atoms with Crippen molar-refractivity contribution in [3.8, 4) is 0 Å². The van der Waals surface area contributed by atoms with Gasteiger partial charge in [-0.2, -0.15) is 15.0 Å². The van der Waals surface area contributed by atoms with Crippen LogP contribution in [0.4, 0.5) is 0 Å². The summed E-state index contributed by atoms with van der Waals surface area (Å²) in [6, 6.07) is -0.213. The molecule has 0 aliphatic carbocycles. The van der Waals surface area contributed by atoms with Crippen molar-refractivity contribution in [1.29, 1.82) is 0 Å². The molecule has 1 fully saturated rings. The van der Waals surface area contributed by atoms with Crippen LogP contribution in [-0.4, -0.2) is 59.6 Å². The Morgan fingerprint density at radius 1 is 1.33 bits per heavy atom. The number of hydrogen-bond acceptors (Lipinski definition) is 5. The lowest BCUT2D eigenvalue weighted by Gasteiger charge is -2.17. The summed E-state index contributed by atoms with van der Waals surface area (Å²) in [7, 11) is -3.28. The lowest BCUT2D eigenvalue weighted by molar-refractivity contribution is -0.131. The third-order valence-corrected chi connectivity index (χ3v) is 4.29. The molecule has 1 aliphatic heterocycles. The highest BCUT2D eigenvalue weighted by Crippen LogP contribution is 2.22. The van der Waals surface area contributed by atoms with Crippen molar-refractivity contribution >= 4 is 15.9 Å². The van der Waals surface area contributed by atoms with Gasteiger partial charge in [0.05, 0.1) is 18.6 Å². The molecule has 1 amide bonds. The second kappa shape index (κ2) is 6.52. The molecular formula is C12H21N5O3S. The molecule has 8 nitrogen and oxygen atoms in total. The van der Waals surface area contributed by atoms with Gasteiger partial charge in [-0.25, -0.2) is 13.1 Å². The van der Waals surface area contributed by atoms with Crippen LogP contribution in [0.2, 0.25) is 0 Å². The number of amides is 1. The summed E-state index contributed by atoms with van der Waals surface area (Å²) in [4.78, 5) is 15.2. The highest BCUT2D eigenvalue weighted by molar-refractivity contribution is 7.88. The van der Waals surface area contributed by atoms with E-state index < -0.39 is 10.0 Å². The predicted molar refractivity (Wildman–Crippen MR) is 76.8 cm³/mol. The molecule has 2 heterocycles. The van der Waals surface area contributed by atoms with Gasteiger partial charge >= 0.3 is 0 Å². The van der Waals surface area contributed by atoms with E-state index in [1.54, 1.807) is 4.90 Å². The fourth-order valence-corrected chi connectivity index (χ4v) is 3.51. The monoisotopic (exact) mass is 315 g/mol. The molecule has 1 aromatic rings. The van der Waals surface area contributed by atoms with Crippen LogP contribution in [0, 0.1) is 5.92 Å². The fourth-order valence-electron chi connectivity index (χ4n) is 2.69. The first-order chi connectivity index (χ1) is 9.89. The number of carbonyl (C=O) groups excluding carboxylic acids is 1. The first-order valence-electron chi connectivity index (χ1n) is 6.98. The van der Waals surface area contributed by atoms with Crippen LogP contribution in [0.25, 0.3) is 0 Å². The SMILES string of the molecule is CCC[C@@H]1CN(C(=O)Cn2nccn2)C[C@H]1NS(C)(=O)=O. The van der Waals surface area contributed by atoms with E-state index >= 15 is 0 Å². The maximum Gasteiger partial charge on any atom is 0.246 e. The Morgan fingerprint density at radius 3 is 2.57 bits per heavy atom. The largest absolute Gasteiger partial charge is 0.339 e. The minimum Gasteiger partial charge on any atom is -0.339 e. The van der Waals surface area contributed by atoms with Crippen LogP contribution >= 0.6 is 0 Å². The molecule has 0 radical (unpaired) electrons. The van der Waals surface area contributed by atoms with Crippen LogP contribution in [-0.2, 0) is 21.4 Å². The molecule has 9 heteroatoms. The van der Waals surface area contributed by atoms with Gasteiger partial charge in [-0.15, -0.1) is 0 Å². The van der Waals surface area contributed by atoms with Crippen LogP contribution in [0.15, 0.2) is 12.4 Å². The van der Waals surface area contributed by atoms with Gasteiger partial charge < -0.3 is 4.90 Å². The number of carbonyl (C=O) groups is 1. The van der Waals surface area contributed by atoms with Crippen molar-refractivity contribution in [2.24, 2.45) is 5.92 Å². The number of hydrogen-bond donors (Lipinski definition) is 1. The molecular weight excluding hydrogens is 294 g/mol. The Balaban J connectivity index is 2.00. The van der Waals surface area contributed by atoms with E-state index in [4.69, 9.17) is 0 Å². The predicted octanol–water partition coefficient (Wildman–Crippen LogP) is -0.546. The van der Waals surface area contributed by atoms with Crippen LogP contribution in [0.1, 0.15) is 19.8 Å². The van der Waals surface area contributed by atoms with Gasteiger partial charge in [0, 0.05) is 19.1 Å². The van der Waals surface area contributed by atoms with Crippen molar-refractivity contribution in [3.05, 3.63) is 12.4 Å². The van der Waals surface area contributed by atoms with Gasteiger partial charge in [0.25, 0.3) is 0 Å². The van der Waals surface area contributed by atoms with Crippen molar-refractivity contribution in [1.82, 2.24) is 24.6 Å². The highest BCUT2D eigenvalue weighted by Gasteiger charge is 2.36. The molecule has 1 N–H and O–H groups in total. The number of nitrogens with one attached hydrogen (secondary N) is 1. The van der Waals surface area contributed by atoms with Crippen LogP contribution < -0.4 is 4.72 Å². The topological polar surface area (TPSA) is 97.2 Å². The second-order valence-electron chi connectivity index (χ2n) is 5.40. The third-order valence-electron chi connectivity index (χ3n) is 3.56. The van der Waals surface area contributed by atoms with Crippen LogP contribution in [0.3, 0.4) is 0 Å². The summed E-state index contributed by atoms with van der Waals surface area (Å²) >= 11 is 0. The molecule has 0 saturated carbocycles. The maximum absolute atomic E-state index is 12.2.